The molecule has 3 aliphatic carbocycles. The maximum Gasteiger partial charge on any atom is 0.234 e. The molecule has 1 aromatic heterocycles. The van der Waals surface area contributed by atoms with Gasteiger partial charge in [-0.15, -0.1) is 11.3 Å². The van der Waals surface area contributed by atoms with Crippen LogP contribution in [-0.2, 0) is 25.7 Å². The van der Waals surface area contributed by atoms with Crippen LogP contribution in [0.25, 0.3) is 0 Å². The minimum Gasteiger partial charge on any atom is -0.508 e. The summed E-state index contributed by atoms with van der Waals surface area (Å²) in [4.78, 5) is 56.5. The van der Waals surface area contributed by atoms with Crippen LogP contribution < -0.4 is 9.47 Å². The number of ketones is 2. The highest BCUT2D eigenvalue weighted by Gasteiger charge is 2.56. The molecule has 1 aromatic carbocycles. The SMILES string of the molecule is COc1cc(O)cc(OC)c1C1C2=CCC3C(=O)N(Cc4cccs4)C(=O)C3C2CC2=C1C(=O)C(C)=CC2=O. The van der Waals surface area contributed by atoms with Gasteiger partial charge in [-0.2, -0.15) is 0 Å². The van der Waals surface area contributed by atoms with Gasteiger partial charge in [0.25, 0.3) is 0 Å². The molecule has 1 saturated heterocycles. The third-order valence-corrected chi connectivity index (χ3v) is 9.23. The molecule has 2 aromatic rings. The number of phenols is 1. The van der Waals surface area contributed by atoms with E-state index < -0.39 is 23.7 Å². The van der Waals surface area contributed by atoms with Crippen molar-refractivity contribution in [2.24, 2.45) is 17.8 Å². The van der Waals surface area contributed by atoms with E-state index in [0.717, 1.165) is 10.5 Å². The molecule has 39 heavy (non-hydrogen) atoms. The normalized spacial score (nSPS) is 26.2. The van der Waals surface area contributed by atoms with Gasteiger partial charge in [0.05, 0.1) is 32.6 Å². The Hall–Kier alpha value is -3.98. The zero-order valence-electron chi connectivity index (χ0n) is 21.7. The monoisotopic (exact) mass is 545 g/mol. The van der Waals surface area contributed by atoms with E-state index in [4.69, 9.17) is 9.47 Å². The van der Waals surface area contributed by atoms with E-state index in [0.29, 0.717) is 40.2 Å². The van der Waals surface area contributed by atoms with Gasteiger partial charge >= 0.3 is 0 Å². The molecule has 1 aliphatic heterocycles. The molecule has 1 fully saturated rings. The molecule has 0 bridgehead atoms. The molecule has 4 unspecified atom stereocenters. The van der Waals surface area contributed by atoms with Gasteiger partial charge in [0.15, 0.2) is 11.6 Å². The molecular formula is C30H27NO7S. The molecular weight excluding hydrogens is 518 g/mol. The number of fused-ring (bicyclic) bond motifs is 3. The maximum atomic E-state index is 13.8. The Bertz CT molecular complexity index is 1510. The number of thiophene rings is 1. The van der Waals surface area contributed by atoms with Crippen LogP contribution in [0, 0.1) is 17.8 Å². The van der Waals surface area contributed by atoms with Gasteiger partial charge in [0, 0.05) is 45.2 Å². The van der Waals surface area contributed by atoms with Crippen molar-refractivity contribution in [3.05, 3.63) is 74.5 Å². The summed E-state index contributed by atoms with van der Waals surface area (Å²) in [6.45, 7) is 1.84. The van der Waals surface area contributed by atoms with E-state index in [1.54, 1.807) is 6.92 Å². The molecule has 0 radical (unpaired) electrons. The van der Waals surface area contributed by atoms with Crippen molar-refractivity contribution in [3.63, 3.8) is 0 Å². The van der Waals surface area contributed by atoms with E-state index in [-0.39, 0.29) is 42.1 Å². The number of likely N-dealkylation sites (tertiary alicyclic amines) is 1. The summed E-state index contributed by atoms with van der Waals surface area (Å²) in [6.07, 6.45) is 3.85. The molecule has 2 amide bonds. The molecule has 0 spiro atoms. The van der Waals surface area contributed by atoms with Gasteiger partial charge in [0.2, 0.25) is 11.8 Å². The van der Waals surface area contributed by atoms with Gasteiger partial charge in [-0.1, -0.05) is 17.7 Å². The summed E-state index contributed by atoms with van der Waals surface area (Å²) < 4.78 is 11.3. The number of Topliss-reactive ketones (excluding diaryl/α,β-unsaturated/α-hetero) is 1. The Morgan fingerprint density at radius 3 is 2.41 bits per heavy atom. The molecule has 6 rings (SSSR count). The molecule has 0 saturated carbocycles. The largest absolute Gasteiger partial charge is 0.508 e. The maximum absolute atomic E-state index is 13.8. The minimum absolute atomic E-state index is 0.0744. The van der Waals surface area contributed by atoms with E-state index in [9.17, 15) is 24.3 Å². The number of rotatable bonds is 5. The topological polar surface area (TPSA) is 110 Å². The summed E-state index contributed by atoms with van der Waals surface area (Å²) in [7, 11) is 2.92. The van der Waals surface area contributed by atoms with Crippen molar-refractivity contribution in [1.82, 2.24) is 4.90 Å². The number of allylic oxidation sites excluding steroid dienone is 6. The van der Waals surface area contributed by atoms with Crippen LogP contribution in [0.15, 0.2) is 64.1 Å². The van der Waals surface area contributed by atoms with Crippen LogP contribution in [0.5, 0.6) is 17.2 Å². The summed E-state index contributed by atoms with van der Waals surface area (Å²) >= 11 is 1.49. The molecule has 200 valence electrons. The smallest absolute Gasteiger partial charge is 0.234 e. The predicted molar refractivity (Wildman–Crippen MR) is 142 cm³/mol. The summed E-state index contributed by atoms with van der Waals surface area (Å²) in [5.74, 6) is -2.80. The highest BCUT2D eigenvalue weighted by Crippen LogP contribution is 2.58. The van der Waals surface area contributed by atoms with E-state index in [1.165, 1.54) is 48.7 Å². The first kappa shape index (κ1) is 25.3. The molecule has 8 nitrogen and oxygen atoms in total. The van der Waals surface area contributed by atoms with Gasteiger partial charge < -0.3 is 14.6 Å². The van der Waals surface area contributed by atoms with E-state index in [2.05, 4.69) is 0 Å². The summed E-state index contributed by atoms with van der Waals surface area (Å²) in [5.41, 5.74) is 2.33. The second kappa shape index (κ2) is 9.34. The van der Waals surface area contributed by atoms with Crippen molar-refractivity contribution in [1.29, 1.82) is 0 Å². The quantitative estimate of drug-likeness (QED) is 0.342. The summed E-state index contributed by atoms with van der Waals surface area (Å²) in [6, 6.07) is 6.67. The van der Waals surface area contributed by atoms with Crippen molar-refractivity contribution in [3.8, 4) is 17.2 Å². The molecule has 9 heteroatoms. The second-order valence-corrected chi connectivity index (χ2v) is 11.4. The van der Waals surface area contributed by atoms with Crippen LogP contribution in [-0.4, -0.2) is 47.6 Å². The summed E-state index contributed by atoms with van der Waals surface area (Å²) in [5, 5.41) is 12.2. The number of phenolic OH excluding ortho intramolecular Hbond substituents is 1. The number of carbonyl (C=O) groups excluding carboxylic acids is 4. The fourth-order valence-electron chi connectivity index (χ4n) is 6.68. The van der Waals surface area contributed by atoms with Crippen molar-refractivity contribution >= 4 is 34.7 Å². The van der Waals surface area contributed by atoms with Gasteiger partial charge in [-0.05, 0) is 43.2 Å². The molecule has 2 heterocycles. The first-order valence-corrected chi connectivity index (χ1v) is 13.7. The average Bonchev–Trinajstić information content (AvgIpc) is 3.53. The number of hydrogen-bond donors (Lipinski definition) is 1. The van der Waals surface area contributed by atoms with Crippen molar-refractivity contribution in [2.45, 2.75) is 32.2 Å². The molecule has 4 atom stereocenters. The highest BCUT2D eigenvalue weighted by molar-refractivity contribution is 7.09. The lowest BCUT2D eigenvalue weighted by Crippen LogP contribution is -2.40. The van der Waals surface area contributed by atoms with E-state index in [1.807, 2.05) is 23.6 Å². The fourth-order valence-corrected chi connectivity index (χ4v) is 7.37. The lowest BCUT2D eigenvalue weighted by molar-refractivity contribution is -0.140. The van der Waals surface area contributed by atoms with Crippen LogP contribution in [0.4, 0.5) is 0 Å². The van der Waals surface area contributed by atoms with Crippen molar-refractivity contribution < 1.29 is 33.8 Å². The first-order chi connectivity index (χ1) is 18.7. The number of aromatic hydroxyl groups is 1. The first-order valence-electron chi connectivity index (χ1n) is 12.8. The number of nitrogens with zero attached hydrogens (tertiary/aromatic N) is 1. The van der Waals surface area contributed by atoms with Gasteiger partial charge in [-0.25, -0.2) is 0 Å². The Kier molecular flexibility index (Phi) is 6.06. The lowest BCUT2D eigenvalue weighted by Gasteiger charge is -2.42. The second-order valence-electron chi connectivity index (χ2n) is 10.3. The van der Waals surface area contributed by atoms with Crippen LogP contribution in [0.1, 0.15) is 36.1 Å². The fraction of sp³-hybridized carbons (Fsp3) is 0.333. The third kappa shape index (κ3) is 3.78. The number of ether oxygens (including phenoxy) is 2. The zero-order chi connectivity index (χ0) is 27.6. The number of methoxy groups -OCH3 is 2. The number of carbonyl (C=O) groups is 4. The number of imide groups is 1. The van der Waals surface area contributed by atoms with Gasteiger partial charge in [-0.3, -0.25) is 24.1 Å². The van der Waals surface area contributed by atoms with Crippen LogP contribution >= 0.6 is 11.3 Å². The van der Waals surface area contributed by atoms with E-state index >= 15 is 0 Å². The Balaban J connectivity index is 1.52. The van der Waals surface area contributed by atoms with Gasteiger partial charge in [0.1, 0.15) is 17.2 Å². The number of hydrogen-bond acceptors (Lipinski definition) is 8. The van der Waals surface area contributed by atoms with Crippen LogP contribution in [0.3, 0.4) is 0 Å². The minimum atomic E-state index is -0.737. The van der Waals surface area contributed by atoms with Crippen molar-refractivity contribution in [2.75, 3.05) is 14.2 Å². The highest BCUT2D eigenvalue weighted by atomic mass is 32.1. The lowest BCUT2D eigenvalue weighted by atomic mass is 9.59. The third-order valence-electron chi connectivity index (χ3n) is 8.37. The Morgan fingerprint density at radius 1 is 1.05 bits per heavy atom. The predicted octanol–water partition coefficient (Wildman–Crippen LogP) is 4.10. The molecule has 1 N–H and O–H groups in total. The van der Waals surface area contributed by atoms with Crippen LogP contribution in [0.2, 0.25) is 0 Å². The zero-order valence-corrected chi connectivity index (χ0v) is 22.5. The Labute approximate surface area is 229 Å². The average molecular weight is 546 g/mol. The molecule has 4 aliphatic rings. The number of benzene rings is 1. The number of amides is 2. The Morgan fingerprint density at radius 2 is 1.77 bits per heavy atom. The standard InChI is InChI=1S/C30H27NO7S/c1-14-9-21(33)20-12-19-17(6-7-18-24(19)30(36)31(29(18)35)13-16-5-4-8-39-16)25(26(20)28(14)34)27-22(37-2)10-15(32)11-23(27)38-3/h4-6,8-11,18-19,24-25,32H,7,12-13H2,1-3H3.